The summed E-state index contributed by atoms with van der Waals surface area (Å²) in [6.07, 6.45) is 0. The van der Waals surface area contributed by atoms with Gasteiger partial charge < -0.3 is 14.8 Å². The molecule has 0 spiro atoms. The molecule has 0 saturated carbocycles. The Morgan fingerprint density at radius 2 is 1.33 bits per heavy atom. The predicted octanol–water partition coefficient (Wildman–Crippen LogP) is 3.97. The van der Waals surface area contributed by atoms with Crippen LogP contribution in [-0.4, -0.2) is 14.8 Å². The molecule has 4 heteroatoms. The standard InChI is InChI=1S/C14H10O3S/c15-13-8-4-1-2-5-9(8)14(16)12-10(13)6-3-7-11(12)18-17/h1-7,15-17H. The fraction of sp³-hybridized carbons (Fsp3) is 0. The minimum atomic E-state index is 0.0792. The lowest BCUT2D eigenvalue weighted by Crippen LogP contribution is -1.83. The second kappa shape index (κ2) is 4.08. The highest BCUT2D eigenvalue weighted by Crippen LogP contribution is 2.44. The van der Waals surface area contributed by atoms with Crippen molar-refractivity contribution in [1.29, 1.82) is 0 Å². The largest absolute Gasteiger partial charge is 0.507 e. The van der Waals surface area contributed by atoms with Gasteiger partial charge in [-0.1, -0.05) is 36.4 Å². The first-order chi connectivity index (χ1) is 8.74. The summed E-state index contributed by atoms with van der Waals surface area (Å²) < 4.78 is 9.25. The molecule has 90 valence electrons. The molecule has 0 bridgehead atoms. The minimum Gasteiger partial charge on any atom is -0.507 e. The minimum absolute atomic E-state index is 0.0792. The van der Waals surface area contributed by atoms with Gasteiger partial charge in [0, 0.05) is 38.5 Å². The molecule has 0 fully saturated rings. The summed E-state index contributed by atoms with van der Waals surface area (Å²) in [7, 11) is 0. The zero-order chi connectivity index (χ0) is 12.7. The molecule has 18 heavy (non-hydrogen) atoms. The number of phenolic OH excluding ortho intramolecular Hbond substituents is 2. The highest BCUT2D eigenvalue weighted by Gasteiger charge is 2.15. The van der Waals surface area contributed by atoms with Crippen LogP contribution in [0.4, 0.5) is 0 Å². The lowest BCUT2D eigenvalue weighted by Gasteiger charge is -2.11. The van der Waals surface area contributed by atoms with E-state index in [1.165, 1.54) is 0 Å². The van der Waals surface area contributed by atoms with Crippen LogP contribution in [0.3, 0.4) is 0 Å². The van der Waals surface area contributed by atoms with E-state index in [1.54, 1.807) is 42.5 Å². The Balaban J connectivity index is 2.63. The monoisotopic (exact) mass is 258 g/mol. The first-order valence-electron chi connectivity index (χ1n) is 5.41. The Morgan fingerprint density at radius 1 is 0.722 bits per heavy atom. The van der Waals surface area contributed by atoms with Gasteiger partial charge in [0.05, 0.1) is 0 Å². The van der Waals surface area contributed by atoms with Gasteiger partial charge in [0.25, 0.3) is 0 Å². The van der Waals surface area contributed by atoms with E-state index in [9.17, 15) is 14.8 Å². The smallest absolute Gasteiger partial charge is 0.132 e. The second-order valence-corrected chi connectivity index (χ2v) is 4.64. The summed E-state index contributed by atoms with van der Waals surface area (Å²) in [4.78, 5) is 0.519. The van der Waals surface area contributed by atoms with Gasteiger partial charge in [0.2, 0.25) is 0 Å². The molecule has 3 nitrogen and oxygen atoms in total. The van der Waals surface area contributed by atoms with Crippen LogP contribution in [0.2, 0.25) is 0 Å². The van der Waals surface area contributed by atoms with Crippen molar-refractivity contribution >= 4 is 33.6 Å². The molecule has 0 aliphatic carbocycles. The van der Waals surface area contributed by atoms with E-state index in [0.717, 1.165) is 0 Å². The maximum Gasteiger partial charge on any atom is 0.132 e. The molecule has 0 aliphatic heterocycles. The van der Waals surface area contributed by atoms with Crippen LogP contribution in [0, 0.1) is 0 Å². The summed E-state index contributed by atoms with van der Waals surface area (Å²) in [5.74, 6) is 0.199. The number of fused-ring (bicyclic) bond motifs is 2. The molecule has 3 aromatic rings. The topological polar surface area (TPSA) is 60.7 Å². The Hall–Kier alpha value is -1.91. The van der Waals surface area contributed by atoms with Crippen molar-refractivity contribution in [2.24, 2.45) is 0 Å². The molecule has 0 unspecified atom stereocenters. The van der Waals surface area contributed by atoms with E-state index in [-0.39, 0.29) is 11.5 Å². The third kappa shape index (κ3) is 1.43. The number of rotatable bonds is 1. The van der Waals surface area contributed by atoms with Gasteiger partial charge in [-0.25, -0.2) is 0 Å². The van der Waals surface area contributed by atoms with Crippen LogP contribution in [0.1, 0.15) is 0 Å². The summed E-state index contributed by atoms with van der Waals surface area (Å²) in [5, 5.41) is 22.7. The summed E-state index contributed by atoms with van der Waals surface area (Å²) >= 11 is 0.559. The molecule has 0 radical (unpaired) electrons. The van der Waals surface area contributed by atoms with Crippen LogP contribution in [0.5, 0.6) is 11.5 Å². The SMILES string of the molecule is OSc1cccc2c(O)c3ccccc3c(O)c12. The van der Waals surface area contributed by atoms with Crippen molar-refractivity contribution in [3.8, 4) is 11.5 Å². The molecule has 0 atom stereocenters. The van der Waals surface area contributed by atoms with E-state index < -0.39 is 0 Å². The molecule has 0 heterocycles. The quantitative estimate of drug-likeness (QED) is 0.351. The van der Waals surface area contributed by atoms with Crippen molar-refractivity contribution in [3.05, 3.63) is 42.5 Å². The van der Waals surface area contributed by atoms with Crippen molar-refractivity contribution in [2.45, 2.75) is 4.90 Å². The fourth-order valence-corrected chi connectivity index (χ4v) is 2.66. The van der Waals surface area contributed by atoms with E-state index in [4.69, 9.17) is 0 Å². The Morgan fingerprint density at radius 3 is 2.00 bits per heavy atom. The van der Waals surface area contributed by atoms with E-state index in [2.05, 4.69) is 0 Å². The predicted molar refractivity (Wildman–Crippen MR) is 73.3 cm³/mol. The lowest BCUT2D eigenvalue weighted by molar-refractivity contribution is 0.478. The first kappa shape index (κ1) is 11.2. The van der Waals surface area contributed by atoms with Gasteiger partial charge in [0.15, 0.2) is 0 Å². The third-order valence-electron chi connectivity index (χ3n) is 3.05. The molecular formula is C14H10O3S. The number of aromatic hydroxyl groups is 2. The average molecular weight is 258 g/mol. The summed E-state index contributed by atoms with van der Waals surface area (Å²) in [6.45, 7) is 0. The van der Waals surface area contributed by atoms with Crippen LogP contribution in [0.25, 0.3) is 21.5 Å². The molecule has 3 N–H and O–H groups in total. The highest BCUT2D eigenvalue weighted by atomic mass is 32.2. The first-order valence-corrected chi connectivity index (χ1v) is 6.18. The van der Waals surface area contributed by atoms with Crippen LogP contribution < -0.4 is 0 Å². The van der Waals surface area contributed by atoms with Crippen LogP contribution >= 0.6 is 12.0 Å². The van der Waals surface area contributed by atoms with Gasteiger partial charge in [-0.05, 0) is 6.07 Å². The molecule has 0 saturated heterocycles. The van der Waals surface area contributed by atoms with Crippen molar-refractivity contribution in [3.63, 3.8) is 0 Å². The van der Waals surface area contributed by atoms with E-state index >= 15 is 0 Å². The highest BCUT2D eigenvalue weighted by molar-refractivity contribution is 7.94. The molecule has 0 amide bonds. The van der Waals surface area contributed by atoms with Crippen molar-refractivity contribution < 1.29 is 14.8 Å². The van der Waals surface area contributed by atoms with Gasteiger partial charge >= 0.3 is 0 Å². The van der Waals surface area contributed by atoms with Crippen molar-refractivity contribution in [1.82, 2.24) is 0 Å². The van der Waals surface area contributed by atoms with Gasteiger partial charge in [-0.2, -0.15) is 0 Å². The zero-order valence-corrected chi connectivity index (χ0v) is 10.1. The molecular weight excluding hydrogens is 248 g/mol. The maximum atomic E-state index is 10.3. The van der Waals surface area contributed by atoms with Gasteiger partial charge in [-0.15, -0.1) is 0 Å². The number of hydrogen-bond donors (Lipinski definition) is 3. The van der Waals surface area contributed by atoms with Crippen LogP contribution in [-0.2, 0) is 0 Å². The number of benzene rings is 3. The second-order valence-electron chi connectivity index (χ2n) is 4.01. The summed E-state index contributed by atoms with van der Waals surface area (Å²) in [5.41, 5.74) is 0. The number of phenols is 2. The number of hydrogen-bond acceptors (Lipinski definition) is 4. The Kier molecular flexibility index (Phi) is 2.54. The average Bonchev–Trinajstić information content (AvgIpc) is 2.44. The normalized spacial score (nSPS) is 11.2. The molecule has 3 aromatic carbocycles. The maximum absolute atomic E-state index is 10.3. The van der Waals surface area contributed by atoms with Gasteiger partial charge in [0.1, 0.15) is 11.5 Å². The summed E-state index contributed by atoms with van der Waals surface area (Å²) in [6, 6.07) is 12.2. The fourth-order valence-electron chi connectivity index (χ4n) is 2.22. The van der Waals surface area contributed by atoms with Crippen molar-refractivity contribution in [2.75, 3.05) is 0 Å². The molecule has 0 aliphatic rings. The molecule has 3 rings (SSSR count). The Labute approximate surface area is 108 Å². The Bertz CT molecular complexity index is 753. The van der Waals surface area contributed by atoms with Crippen LogP contribution in [0.15, 0.2) is 47.4 Å². The molecule has 0 aromatic heterocycles. The van der Waals surface area contributed by atoms with E-state index in [1.807, 2.05) is 0 Å². The van der Waals surface area contributed by atoms with Gasteiger partial charge in [-0.3, -0.25) is 0 Å². The van der Waals surface area contributed by atoms with E-state index in [0.29, 0.717) is 38.5 Å². The zero-order valence-electron chi connectivity index (χ0n) is 9.29. The third-order valence-corrected chi connectivity index (χ3v) is 3.59. The lowest BCUT2D eigenvalue weighted by atomic mass is 10.0.